The minimum atomic E-state index is -4.19. The number of rotatable bonds is 7. The number of hydrogen-bond donors (Lipinski definition) is 2. The van der Waals surface area contributed by atoms with Crippen LogP contribution in [0.5, 0.6) is 5.75 Å². The Balaban J connectivity index is 2.69. The number of alkyl halides is 3. The van der Waals surface area contributed by atoms with E-state index in [1.165, 1.54) is 7.05 Å². The molecule has 0 heterocycles. The number of methoxy groups -OCH3 is 1. The summed E-state index contributed by atoms with van der Waals surface area (Å²) in [7, 11) is 6.99. The summed E-state index contributed by atoms with van der Waals surface area (Å²) in [5.74, 6) is 1.10. The molecule has 0 aromatic heterocycles. The van der Waals surface area contributed by atoms with Gasteiger partial charge in [0.2, 0.25) is 0 Å². The van der Waals surface area contributed by atoms with Gasteiger partial charge in [0.1, 0.15) is 5.75 Å². The van der Waals surface area contributed by atoms with Crippen LogP contribution in [-0.2, 0) is 0 Å². The van der Waals surface area contributed by atoms with Gasteiger partial charge in [0.05, 0.1) is 19.6 Å². The fourth-order valence-electron chi connectivity index (χ4n) is 2.25. The van der Waals surface area contributed by atoms with Crippen molar-refractivity contribution in [2.45, 2.75) is 18.6 Å². The molecule has 1 rings (SSSR count). The van der Waals surface area contributed by atoms with Gasteiger partial charge in [0.15, 0.2) is 5.96 Å². The lowest BCUT2D eigenvalue weighted by Gasteiger charge is -2.27. The number of para-hydroxylation sites is 1. The zero-order valence-corrected chi connectivity index (χ0v) is 14.4. The van der Waals surface area contributed by atoms with Crippen molar-refractivity contribution in [3.63, 3.8) is 0 Å². The van der Waals surface area contributed by atoms with E-state index in [4.69, 9.17) is 4.74 Å². The molecule has 0 aliphatic rings. The van der Waals surface area contributed by atoms with Crippen LogP contribution in [0.2, 0.25) is 0 Å². The smallest absolute Gasteiger partial charge is 0.390 e. The van der Waals surface area contributed by atoms with Crippen molar-refractivity contribution in [1.82, 2.24) is 15.5 Å². The van der Waals surface area contributed by atoms with E-state index >= 15 is 0 Å². The minimum absolute atomic E-state index is 0.0256. The van der Waals surface area contributed by atoms with E-state index in [1.807, 2.05) is 43.3 Å². The summed E-state index contributed by atoms with van der Waals surface area (Å²) in [5, 5.41) is 5.73. The van der Waals surface area contributed by atoms with Gasteiger partial charge in [0.25, 0.3) is 0 Å². The molecule has 1 unspecified atom stereocenters. The molecule has 0 bridgehead atoms. The molecule has 0 fully saturated rings. The Bertz CT molecular complexity index is 532. The Morgan fingerprint density at radius 3 is 2.46 bits per heavy atom. The van der Waals surface area contributed by atoms with E-state index in [0.29, 0.717) is 12.5 Å². The van der Waals surface area contributed by atoms with Crippen molar-refractivity contribution < 1.29 is 17.9 Å². The van der Waals surface area contributed by atoms with Crippen molar-refractivity contribution in [2.75, 3.05) is 41.3 Å². The first-order valence-corrected chi connectivity index (χ1v) is 7.59. The fraction of sp³-hybridized carbons (Fsp3) is 0.562. The van der Waals surface area contributed by atoms with Gasteiger partial charge in [-0.1, -0.05) is 18.2 Å². The molecule has 0 aliphatic carbocycles. The lowest BCUT2D eigenvalue weighted by atomic mass is 10.0. The number of halogens is 3. The molecular weight excluding hydrogens is 321 g/mol. The van der Waals surface area contributed by atoms with Crippen LogP contribution in [0.25, 0.3) is 0 Å². The first-order chi connectivity index (χ1) is 11.3. The van der Waals surface area contributed by atoms with Crippen LogP contribution >= 0.6 is 0 Å². The van der Waals surface area contributed by atoms with Crippen molar-refractivity contribution in [2.24, 2.45) is 4.99 Å². The number of nitrogens with one attached hydrogen (secondary N) is 2. The molecule has 1 aromatic carbocycles. The van der Waals surface area contributed by atoms with Gasteiger partial charge in [-0.15, -0.1) is 0 Å². The minimum Gasteiger partial charge on any atom is -0.496 e. The lowest BCUT2D eigenvalue weighted by Crippen LogP contribution is -2.42. The molecule has 2 N–H and O–H groups in total. The topological polar surface area (TPSA) is 48.9 Å². The highest BCUT2D eigenvalue weighted by molar-refractivity contribution is 5.79. The van der Waals surface area contributed by atoms with Crippen LogP contribution in [0.4, 0.5) is 13.2 Å². The quantitative estimate of drug-likeness (QED) is 0.588. The largest absolute Gasteiger partial charge is 0.496 e. The highest BCUT2D eigenvalue weighted by Gasteiger charge is 2.26. The van der Waals surface area contributed by atoms with Gasteiger partial charge in [-0.25, -0.2) is 0 Å². The van der Waals surface area contributed by atoms with Gasteiger partial charge in [-0.05, 0) is 20.2 Å². The average Bonchev–Trinajstić information content (AvgIpc) is 2.52. The van der Waals surface area contributed by atoms with E-state index in [1.54, 1.807) is 7.11 Å². The Kier molecular flexibility index (Phi) is 7.84. The zero-order valence-electron chi connectivity index (χ0n) is 14.4. The molecular formula is C16H25F3N4O. The Labute approximate surface area is 140 Å². The third-order valence-corrected chi connectivity index (χ3v) is 3.51. The maximum Gasteiger partial charge on any atom is 0.390 e. The molecule has 0 radical (unpaired) electrons. The summed E-state index contributed by atoms with van der Waals surface area (Å²) >= 11 is 0. The van der Waals surface area contributed by atoms with Crippen molar-refractivity contribution in [3.8, 4) is 5.75 Å². The third kappa shape index (κ3) is 6.66. The molecule has 8 heteroatoms. The van der Waals surface area contributed by atoms with Gasteiger partial charge < -0.3 is 20.3 Å². The van der Waals surface area contributed by atoms with Crippen LogP contribution in [0.1, 0.15) is 18.0 Å². The normalized spacial score (nSPS) is 13.8. The fourth-order valence-corrected chi connectivity index (χ4v) is 2.25. The highest BCUT2D eigenvalue weighted by atomic mass is 19.4. The number of nitrogens with zero attached hydrogens (tertiary/aromatic N) is 2. The number of guanidine groups is 1. The molecule has 1 atom stereocenters. The number of hydrogen-bond acceptors (Lipinski definition) is 3. The van der Waals surface area contributed by atoms with Crippen LogP contribution in [0.3, 0.4) is 0 Å². The molecule has 5 nitrogen and oxygen atoms in total. The van der Waals surface area contributed by atoms with Crippen LogP contribution in [-0.4, -0.2) is 58.4 Å². The van der Waals surface area contributed by atoms with Crippen molar-refractivity contribution >= 4 is 5.96 Å². The number of benzene rings is 1. The highest BCUT2D eigenvalue weighted by Crippen LogP contribution is 2.27. The maximum absolute atomic E-state index is 12.2. The first kappa shape index (κ1) is 20.1. The summed E-state index contributed by atoms with van der Waals surface area (Å²) < 4.78 is 42.0. The second kappa shape index (κ2) is 9.36. The molecule has 0 saturated heterocycles. The number of ether oxygens (including phenoxy) is 1. The molecule has 0 amide bonds. The van der Waals surface area contributed by atoms with E-state index < -0.39 is 12.6 Å². The van der Waals surface area contributed by atoms with E-state index in [0.717, 1.165) is 11.3 Å². The van der Waals surface area contributed by atoms with Crippen LogP contribution in [0, 0.1) is 0 Å². The number of likely N-dealkylation sites (N-methyl/N-ethyl adjacent to an activating group) is 1. The summed E-state index contributed by atoms with van der Waals surface area (Å²) in [6.07, 6.45) is -5.09. The Morgan fingerprint density at radius 2 is 1.92 bits per heavy atom. The zero-order chi connectivity index (χ0) is 18.2. The van der Waals surface area contributed by atoms with E-state index in [9.17, 15) is 13.2 Å². The summed E-state index contributed by atoms with van der Waals surface area (Å²) in [4.78, 5) is 5.96. The standard InChI is InChI=1S/C16H25F3N4O/c1-20-15(21-10-9-16(17,18)19)22-11-13(23(2)3)12-7-5-6-8-14(12)24-4/h5-8,13H,9-11H2,1-4H3,(H2,20,21,22). The predicted molar refractivity (Wildman–Crippen MR) is 89.5 cm³/mol. The average molecular weight is 346 g/mol. The summed E-state index contributed by atoms with van der Waals surface area (Å²) in [6, 6.07) is 7.63. The lowest BCUT2D eigenvalue weighted by molar-refractivity contribution is -0.132. The van der Waals surface area contributed by atoms with Crippen LogP contribution < -0.4 is 15.4 Å². The first-order valence-electron chi connectivity index (χ1n) is 7.59. The summed E-state index contributed by atoms with van der Waals surface area (Å²) in [6.45, 7) is 0.253. The SMILES string of the molecule is CN=C(NCCC(F)(F)F)NCC(c1ccccc1OC)N(C)C. The maximum atomic E-state index is 12.2. The van der Waals surface area contributed by atoms with Crippen LogP contribution in [0.15, 0.2) is 29.3 Å². The molecule has 1 aromatic rings. The monoisotopic (exact) mass is 346 g/mol. The predicted octanol–water partition coefficient (Wildman–Crippen LogP) is 2.42. The molecule has 0 spiro atoms. The van der Waals surface area contributed by atoms with Crippen molar-refractivity contribution in [3.05, 3.63) is 29.8 Å². The van der Waals surface area contributed by atoms with Gasteiger partial charge in [-0.2, -0.15) is 13.2 Å². The molecule has 24 heavy (non-hydrogen) atoms. The molecule has 0 aliphatic heterocycles. The Morgan fingerprint density at radius 1 is 1.25 bits per heavy atom. The third-order valence-electron chi connectivity index (χ3n) is 3.51. The van der Waals surface area contributed by atoms with Crippen molar-refractivity contribution in [1.29, 1.82) is 0 Å². The number of aliphatic imine (C=N–C) groups is 1. The second-order valence-electron chi connectivity index (χ2n) is 5.47. The Hall–Kier alpha value is -1.96. The molecule has 0 saturated carbocycles. The van der Waals surface area contributed by atoms with Gasteiger partial charge in [-0.3, -0.25) is 4.99 Å². The van der Waals surface area contributed by atoms with Gasteiger partial charge >= 0.3 is 6.18 Å². The summed E-state index contributed by atoms with van der Waals surface area (Å²) in [5.41, 5.74) is 0.989. The van der Waals surface area contributed by atoms with E-state index in [-0.39, 0.29) is 12.6 Å². The van der Waals surface area contributed by atoms with Gasteiger partial charge in [0, 0.05) is 25.7 Å². The molecule has 136 valence electrons. The van der Waals surface area contributed by atoms with E-state index in [2.05, 4.69) is 15.6 Å². The second-order valence-corrected chi connectivity index (χ2v) is 5.47.